The number of carboxylic acid groups (broad SMARTS) is 1. The minimum atomic E-state index is -1.03. The Kier molecular flexibility index (Phi) is 2.57. The average Bonchev–Trinajstić information content (AvgIpc) is 2.01. The van der Waals surface area contributed by atoms with E-state index in [0.29, 0.717) is 5.69 Å². The minimum absolute atomic E-state index is 0.234. The van der Waals surface area contributed by atoms with Gasteiger partial charge in [-0.05, 0) is 6.92 Å². The van der Waals surface area contributed by atoms with Gasteiger partial charge < -0.3 is 9.84 Å². The number of carboxylic acids is 1. The zero-order chi connectivity index (χ0) is 8.97. The third-order valence-corrected chi connectivity index (χ3v) is 1.08. The van der Waals surface area contributed by atoms with E-state index in [9.17, 15) is 4.79 Å². The van der Waals surface area contributed by atoms with Crippen molar-refractivity contribution in [2.24, 2.45) is 0 Å². The van der Waals surface area contributed by atoms with Gasteiger partial charge in [0.05, 0.1) is 11.9 Å². The molecule has 1 aromatic rings. The molecule has 12 heavy (non-hydrogen) atoms. The van der Waals surface area contributed by atoms with Crippen LogP contribution in [0.2, 0.25) is 0 Å². The Morgan fingerprint density at radius 2 is 2.42 bits per heavy atom. The summed E-state index contributed by atoms with van der Waals surface area (Å²) in [4.78, 5) is 17.8. The number of hydrogen-bond donors (Lipinski definition) is 1. The largest absolute Gasteiger partial charge is 0.479 e. The first-order valence-corrected chi connectivity index (χ1v) is 3.32. The highest BCUT2D eigenvalue weighted by molar-refractivity contribution is 5.68. The van der Waals surface area contributed by atoms with Crippen molar-refractivity contribution in [3.63, 3.8) is 0 Å². The Hall–Kier alpha value is -1.65. The number of aryl methyl sites for hydroxylation is 1. The monoisotopic (exact) mass is 168 g/mol. The fraction of sp³-hybridized carbons (Fsp3) is 0.286. The smallest absolute Gasteiger partial charge is 0.341 e. The topological polar surface area (TPSA) is 72.3 Å². The van der Waals surface area contributed by atoms with E-state index in [2.05, 4.69) is 9.97 Å². The Balaban J connectivity index is 2.57. The van der Waals surface area contributed by atoms with Crippen molar-refractivity contribution < 1.29 is 14.6 Å². The van der Waals surface area contributed by atoms with Crippen LogP contribution in [-0.4, -0.2) is 27.7 Å². The predicted octanol–water partition coefficient (Wildman–Crippen LogP) is 0.248. The molecule has 0 fully saturated rings. The Bertz CT molecular complexity index is 288. The molecule has 0 atom stereocenters. The number of hydrogen-bond acceptors (Lipinski definition) is 4. The van der Waals surface area contributed by atoms with E-state index >= 15 is 0 Å². The zero-order valence-corrected chi connectivity index (χ0v) is 6.52. The van der Waals surface area contributed by atoms with Crippen LogP contribution < -0.4 is 4.74 Å². The molecular weight excluding hydrogens is 160 g/mol. The van der Waals surface area contributed by atoms with Crippen molar-refractivity contribution in [2.45, 2.75) is 6.92 Å². The molecule has 5 heteroatoms. The van der Waals surface area contributed by atoms with Gasteiger partial charge in [0.1, 0.15) is 0 Å². The summed E-state index contributed by atoms with van der Waals surface area (Å²) in [5.74, 6) is -0.796. The summed E-state index contributed by atoms with van der Waals surface area (Å²) in [6, 6.07) is 0. The molecule has 64 valence electrons. The first-order chi connectivity index (χ1) is 5.68. The quantitative estimate of drug-likeness (QED) is 0.700. The third kappa shape index (κ3) is 2.53. The molecule has 0 saturated carbocycles. The van der Waals surface area contributed by atoms with Gasteiger partial charge in [-0.2, -0.15) is 0 Å². The van der Waals surface area contributed by atoms with E-state index < -0.39 is 12.6 Å². The predicted molar refractivity (Wildman–Crippen MR) is 39.9 cm³/mol. The summed E-state index contributed by atoms with van der Waals surface area (Å²) < 4.78 is 4.78. The highest BCUT2D eigenvalue weighted by atomic mass is 16.5. The van der Waals surface area contributed by atoms with Crippen LogP contribution in [-0.2, 0) is 4.79 Å². The van der Waals surface area contributed by atoms with Gasteiger partial charge in [-0.15, -0.1) is 0 Å². The van der Waals surface area contributed by atoms with Crippen LogP contribution in [0.4, 0.5) is 0 Å². The summed E-state index contributed by atoms with van der Waals surface area (Å²) in [7, 11) is 0. The molecule has 1 aromatic heterocycles. The maximum Gasteiger partial charge on any atom is 0.341 e. The molecular formula is C7H8N2O3. The van der Waals surface area contributed by atoms with Crippen LogP contribution in [0.1, 0.15) is 5.69 Å². The molecule has 0 aromatic carbocycles. The van der Waals surface area contributed by atoms with Gasteiger partial charge in [-0.1, -0.05) is 0 Å². The molecule has 0 amide bonds. The molecule has 1 N–H and O–H groups in total. The number of nitrogens with zero attached hydrogens (tertiary/aromatic N) is 2. The average molecular weight is 168 g/mol. The lowest BCUT2D eigenvalue weighted by Gasteiger charge is -2.00. The molecule has 0 aliphatic heterocycles. The Morgan fingerprint density at radius 1 is 1.67 bits per heavy atom. The van der Waals surface area contributed by atoms with Crippen molar-refractivity contribution in [1.82, 2.24) is 9.97 Å². The Labute approximate surface area is 69.0 Å². The highest BCUT2D eigenvalue weighted by Gasteiger charge is 1.99. The van der Waals surface area contributed by atoms with Crippen LogP contribution in [0.3, 0.4) is 0 Å². The molecule has 0 unspecified atom stereocenters. The van der Waals surface area contributed by atoms with Gasteiger partial charge in [-0.25, -0.2) is 9.78 Å². The fourth-order valence-corrected chi connectivity index (χ4v) is 0.646. The summed E-state index contributed by atoms with van der Waals surface area (Å²) in [6.07, 6.45) is 2.93. The van der Waals surface area contributed by atoms with Crippen LogP contribution in [0.5, 0.6) is 5.88 Å². The standard InChI is InChI=1S/C7H8N2O3/c1-5-2-8-3-6(9-5)12-4-7(10)11/h2-3H,4H2,1H3,(H,10,11). The van der Waals surface area contributed by atoms with Gasteiger partial charge in [0.15, 0.2) is 6.61 Å². The second kappa shape index (κ2) is 3.66. The first-order valence-electron chi connectivity index (χ1n) is 3.32. The van der Waals surface area contributed by atoms with Crippen molar-refractivity contribution in [1.29, 1.82) is 0 Å². The SMILES string of the molecule is Cc1cncc(OCC(=O)O)n1. The molecule has 1 rings (SSSR count). The first kappa shape index (κ1) is 8.45. The van der Waals surface area contributed by atoms with Crippen LogP contribution in [0.25, 0.3) is 0 Å². The van der Waals surface area contributed by atoms with E-state index in [1.165, 1.54) is 6.20 Å². The van der Waals surface area contributed by atoms with E-state index in [1.807, 2.05) is 0 Å². The second-order valence-corrected chi connectivity index (χ2v) is 2.18. The number of rotatable bonds is 3. The lowest BCUT2D eigenvalue weighted by atomic mass is 10.5. The lowest BCUT2D eigenvalue weighted by Crippen LogP contribution is -2.10. The van der Waals surface area contributed by atoms with Gasteiger partial charge >= 0.3 is 5.97 Å². The van der Waals surface area contributed by atoms with Crippen molar-refractivity contribution in [2.75, 3.05) is 6.61 Å². The molecule has 0 aliphatic carbocycles. The fourth-order valence-electron chi connectivity index (χ4n) is 0.646. The van der Waals surface area contributed by atoms with Gasteiger partial charge in [0.25, 0.3) is 0 Å². The van der Waals surface area contributed by atoms with Crippen LogP contribution in [0, 0.1) is 6.92 Å². The van der Waals surface area contributed by atoms with Crippen molar-refractivity contribution in [3.8, 4) is 5.88 Å². The molecule has 0 aliphatic rings. The normalized spacial score (nSPS) is 9.42. The van der Waals surface area contributed by atoms with E-state index in [0.717, 1.165) is 0 Å². The van der Waals surface area contributed by atoms with E-state index in [-0.39, 0.29) is 5.88 Å². The number of carbonyl (C=O) groups is 1. The lowest BCUT2D eigenvalue weighted by molar-refractivity contribution is -0.139. The third-order valence-electron chi connectivity index (χ3n) is 1.08. The number of ether oxygens (including phenoxy) is 1. The zero-order valence-electron chi connectivity index (χ0n) is 6.52. The molecule has 0 bridgehead atoms. The Morgan fingerprint density at radius 3 is 3.00 bits per heavy atom. The molecule has 0 spiro atoms. The maximum atomic E-state index is 10.1. The van der Waals surface area contributed by atoms with E-state index in [4.69, 9.17) is 9.84 Å². The highest BCUT2D eigenvalue weighted by Crippen LogP contribution is 2.03. The van der Waals surface area contributed by atoms with Crippen molar-refractivity contribution in [3.05, 3.63) is 18.1 Å². The summed E-state index contributed by atoms with van der Waals surface area (Å²) in [5, 5.41) is 8.27. The molecule has 0 radical (unpaired) electrons. The summed E-state index contributed by atoms with van der Waals surface area (Å²) >= 11 is 0. The van der Waals surface area contributed by atoms with Crippen molar-refractivity contribution >= 4 is 5.97 Å². The van der Waals surface area contributed by atoms with Crippen LogP contribution in [0.15, 0.2) is 12.4 Å². The van der Waals surface area contributed by atoms with Gasteiger partial charge in [0, 0.05) is 6.20 Å². The molecule has 5 nitrogen and oxygen atoms in total. The second-order valence-electron chi connectivity index (χ2n) is 2.18. The van der Waals surface area contributed by atoms with Crippen LogP contribution >= 0.6 is 0 Å². The molecule has 0 saturated heterocycles. The molecule has 1 heterocycles. The maximum absolute atomic E-state index is 10.1. The summed E-state index contributed by atoms with van der Waals surface area (Å²) in [6.45, 7) is 1.36. The minimum Gasteiger partial charge on any atom is -0.479 e. The van der Waals surface area contributed by atoms with E-state index in [1.54, 1.807) is 13.1 Å². The summed E-state index contributed by atoms with van der Waals surface area (Å²) in [5.41, 5.74) is 0.692. The number of aliphatic carboxylic acids is 1. The van der Waals surface area contributed by atoms with Gasteiger partial charge in [0.2, 0.25) is 5.88 Å². The number of aromatic nitrogens is 2. The van der Waals surface area contributed by atoms with Gasteiger partial charge in [-0.3, -0.25) is 4.98 Å².